The molecule has 0 spiro atoms. The molecule has 6 nitrogen and oxygen atoms in total. The molecule has 1 aromatic carbocycles. The quantitative estimate of drug-likeness (QED) is 0.865. The average molecular weight is 352 g/mol. The lowest BCUT2D eigenvalue weighted by molar-refractivity contribution is -0.138. The zero-order valence-corrected chi connectivity index (χ0v) is 14.8. The van der Waals surface area contributed by atoms with Crippen molar-refractivity contribution in [2.75, 3.05) is 6.54 Å². The molecule has 1 N–H and O–H groups in total. The summed E-state index contributed by atoms with van der Waals surface area (Å²) in [7, 11) is 0. The van der Waals surface area contributed by atoms with Gasteiger partial charge in [-0.2, -0.15) is 5.10 Å². The second-order valence-electron chi connectivity index (χ2n) is 7.16. The Labute approximate surface area is 153 Å². The molecule has 136 valence electrons. The zero-order chi connectivity index (χ0) is 17.9. The Morgan fingerprint density at radius 2 is 1.96 bits per heavy atom. The van der Waals surface area contributed by atoms with Gasteiger partial charge in [0.2, 0.25) is 11.8 Å². The Morgan fingerprint density at radius 3 is 2.73 bits per heavy atom. The van der Waals surface area contributed by atoms with E-state index in [0.29, 0.717) is 25.4 Å². The molecule has 2 fully saturated rings. The number of hydrogen-bond donors (Lipinski definition) is 1. The van der Waals surface area contributed by atoms with E-state index in [1.165, 1.54) is 0 Å². The molecule has 2 aliphatic rings. The molecule has 0 radical (unpaired) electrons. The number of likely N-dealkylation sites (tertiary alicyclic amines) is 1. The van der Waals surface area contributed by atoms with Gasteiger partial charge in [0.1, 0.15) is 6.04 Å². The summed E-state index contributed by atoms with van der Waals surface area (Å²) in [5.41, 5.74) is 2.03. The number of aromatic nitrogens is 2. The molecule has 1 saturated heterocycles. The molecule has 26 heavy (non-hydrogen) atoms. The Morgan fingerprint density at radius 1 is 1.15 bits per heavy atom. The number of rotatable bonds is 6. The van der Waals surface area contributed by atoms with Crippen LogP contribution in [0, 0.1) is 0 Å². The highest BCUT2D eigenvalue weighted by Gasteiger charge is 2.36. The molecular formula is C20H24N4O2. The number of nitrogens with one attached hydrogen (secondary N) is 1. The lowest BCUT2D eigenvalue weighted by atomic mass is 10.1. The Bertz CT molecular complexity index is 782. The summed E-state index contributed by atoms with van der Waals surface area (Å²) in [6.45, 7) is 0.685. The van der Waals surface area contributed by atoms with E-state index in [2.05, 4.69) is 10.4 Å². The van der Waals surface area contributed by atoms with Crippen LogP contribution in [0.1, 0.15) is 37.7 Å². The molecule has 6 heteroatoms. The van der Waals surface area contributed by atoms with Crippen LogP contribution in [-0.4, -0.2) is 45.1 Å². The van der Waals surface area contributed by atoms with Crippen molar-refractivity contribution >= 4 is 11.8 Å². The van der Waals surface area contributed by atoms with Crippen LogP contribution >= 0.6 is 0 Å². The predicted molar refractivity (Wildman–Crippen MR) is 97.8 cm³/mol. The van der Waals surface area contributed by atoms with E-state index in [1.807, 2.05) is 47.4 Å². The third kappa shape index (κ3) is 3.79. The second-order valence-corrected chi connectivity index (χ2v) is 7.16. The standard InChI is InChI=1S/C20H24N4O2/c25-19(23-12-4-7-18(23)20(26)22-16-9-10-16)11-8-15-13-21-24(14-15)17-5-2-1-3-6-17/h1-3,5-6,13-14,16,18H,4,7-12H2,(H,22,26)/t18-/m1/s1. The molecule has 1 aliphatic carbocycles. The van der Waals surface area contributed by atoms with E-state index < -0.39 is 0 Å². The van der Waals surface area contributed by atoms with Gasteiger partial charge in [0.15, 0.2) is 0 Å². The van der Waals surface area contributed by atoms with E-state index in [-0.39, 0.29) is 17.9 Å². The number of aryl methyl sites for hydroxylation is 1. The lowest BCUT2D eigenvalue weighted by Crippen LogP contribution is -2.46. The Kier molecular flexibility index (Phi) is 4.73. The van der Waals surface area contributed by atoms with Crippen LogP contribution in [0.5, 0.6) is 0 Å². The zero-order valence-electron chi connectivity index (χ0n) is 14.8. The maximum Gasteiger partial charge on any atom is 0.243 e. The molecule has 1 aromatic heterocycles. The largest absolute Gasteiger partial charge is 0.352 e. The van der Waals surface area contributed by atoms with Crippen molar-refractivity contribution < 1.29 is 9.59 Å². The molecule has 0 bridgehead atoms. The van der Waals surface area contributed by atoms with E-state index in [1.54, 1.807) is 4.90 Å². The molecule has 2 aromatic rings. The van der Waals surface area contributed by atoms with Crippen LogP contribution in [0.25, 0.3) is 5.69 Å². The number of carbonyl (C=O) groups is 2. The van der Waals surface area contributed by atoms with Crippen molar-refractivity contribution in [2.24, 2.45) is 0 Å². The number of benzene rings is 1. The van der Waals surface area contributed by atoms with Crippen molar-refractivity contribution in [3.63, 3.8) is 0 Å². The molecule has 0 unspecified atom stereocenters. The van der Waals surface area contributed by atoms with Gasteiger partial charge in [-0.1, -0.05) is 18.2 Å². The minimum Gasteiger partial charge on any atom is -0.352 e. The summed E-state index contributed by atoms with van der Waals surface area (Å²) < 4.78 is 1.82. The van der Waals surface area contributed by atoms with Crippen LogP contribution < -0.4 is 5.32 Å². The normalized spacial score (nSPS) is 19.5. The smallest absolute Gasteiger partial charge is 0.243 e. The Balaban J connectivity index is 1.33. The van der Waals surface area contributed by atoms with E-state index >= 15 is 0 Å². The fraction of sp³-hybridized carbons (Fsp3) is 0.450. The molecule has 1 atom stereocenters. The van der Waals surface area contributed by atoms with Gasteiger partial charge in [0, 0.05) is 25.2 Å². The van der Waals surface area contributed by atoms with E-state index in [9.17, 15) is 9.59 Å². The van der Waals surface area contributed by atoms with Crippen molar-refractivity contribution in [3.05, 3.63) is 48.3 Å². The molecule has 1 aliphatic heterocycles. The highest BCUT2D eigenvalue weighted by molar-refractivity contribution is 5.88. The maximum atomic E-state index is 12.6. The minimum atomic E-state index is -0.282. The summed E-state index contributed by atoms with van der Waals surface area (Å²) >= 11 is 0. The summed E-state index contributed by atoms with van der Waals surface area (Å²) in [6.07, 6.45) is 8.63. The van der Waals surface area contributed by atoms with Gasteiger partial charge in [0.25, 0.3) is 0 Å². The minimum absolute atomic E-state index is 0.0234. The molecule has 2 amide bonds. The van der Waals surface area contributed by atoms with Gasteiger partial charge >= 0.3 is 0 Å². The van der Waals surface area contributed by atoms with Crippen molar-refractivity contribution in [3.8, 4) is 5.69 Å². The molecule has 1 saturated carbocycles. The van der Waals surface area contributed by atoms with Crippen LogP contribution in [-0.2, 0) is 16.0 Å². The summed E-state index contributed by atoms with van der Waals surface area (Å²) in [4.78, 5) is 26.7. The number of nitrogens with zero attached hydrogens (tertiary/aromatic N) is 3. The van der Waals surface area contributed by atoms with Gasteiger partial charge < -0.3 is 10.2 Å². The number of para-hydroxylation sites is 1. The van der Waals surface area contributed by atoms with Crippen LogP contribution in [0.3, 0.4) is 0 Å². The van der Waals surface area contributed by atoms with Gasteiger partial charge in [-0.15, -0.1) is 0 Å². The number of carbonyl (C=O) groups excluding carboxylic acids is 2. The summed E-state index contributed by atoms with van der Waals surface area (Å²) in [5, 5.41) is 7.40. The summed E-state index contributed by atoms with van der Waals surface area (Å²) in [6, 6.07) is 9.96. The van der Waals surface area contributed by atoms with Crippen LogP contribution in [0.4, 0.5) is 0 Å². The molecule has 4 rings (SSSR count). The first-order chi connectivity index (χ1) is 12.7. The number of amides is 2. The van der Waals surface area contributed by atoms with Crippen molar-refractivity contribution in [2.45, 2.75) is 50.6 Å². The van der Waals surface area contributed by atoms with Gasteiger partial charge in [-0.05, 0) is 49.8 Å². The monoisotopic (exact) mass is 352 g/mol. The Hall–Kier alpha value is -2.63. The first kappa shape index (κ1) is 16.8. The third-order valence-corrected chi connectivity index (χ3v) is 5.08. The fourth-order valence-corrected chi connectivity index (χ4v) is 3.47. The van der Waals surface area contributed by atoms with Crippen LogP contribution in [0.2, 0.25) is 0 Å². The second kappa shape index (κ2) is 7.32. The van der Waals surface area contributed by atoms with Crippen molar-refractivity contribution in [1.82, 2.24) is 20.0 Å². The highest BCUT2D eigenvalue weighted by atomic mass is 16.2. The SMILES string of the molecule is O=C(NC1CC1)[C@H]1CCCN1C(=O)CCc1cnn(-c2ccccc2)c1. The molecular weight excluding hydrogens is 328 g/mol. The predicted octanol–water partition coefficient (Wildman–Crippen LogP) is 2.07. The van der Waals surface area contributed by atoms with Crippen molar-refractivity contribution in [1.29, 1.82) is 0 Å². The van der Waals surface area contributed by atoms with Gasteiger partial charge in [0.05, 0.1) is 11.9 Å². The number of hydrogen-bond acceptors (Lipinski definition) is 3. The van der Waals surface area contributed by atoms with E-state index in [0.717, 1.165) is 36.9 Å². The van der Waals surface area contributed by atoms with E-state index in [4.69, 9.17) is 0 Å². The fourth-order valence-electron chi connectivity index (χ4n) is 3.47. The topological polar surface area (TPSA) is 67.2 Å². The van der Waals surface area contributed by atoms with Crippen LogP contribution in [0.15, 0.2) is 42.7 Å². The van der Waals surface area contributed by atoms with Gasteiger partial charge in [-0.3, -0.25) is 9.59 Å². The average Bonchev–Trinajstić information content (AvgIpc) is 3.15. The maximum absolute atomic E-state index is 12.6. The third-order valence-electron chi connectivity index (χ3n) is 5.08. The van der Waals surface area contributed by atoms with Gasteiger partial charge in [-0.25, -0.2) is 4.68 Å². The lowest BCUT2D eigenvalue weighted by Gasteiger charge is -2.24. The molecule has 2 heterocycles. The first-order valence-electron chi connectivity index (χ1n) is 9.39. The first-order valence-corrected chi connectivity index (χ1v) is 9.39. The summed E-state index contributed by atoms with van der Waals surface area (Å²) in [5.74, 6) is 0.0844. The highest BCUT2D eigenvalue weighted by Crippen LogP contribution is 2.23.